The molecule has 0 aliphatic rings. The van der Waals surface area contributed by atoms with Crippen LogP contribution in [0, 0.1) is 0 Å². The van der Waals surface area contributed by atoms with E-state index in [2.05, 4.69) is 16.0 Å². The van der Waals surface area contributed by atoms with Crippen molar-refractivity contribution < 1.29 is 14.4 Å². The maximum absolute atomic E-state index is 14.2. The molecule has 0 radical (unpaired) electrons. The molecule has 1 unspecified atom stereocenters. The molecule has 46 heavy (non-hydrogen) atoms. The van der Waals surface area contributed by atoms with E-state index >= 15 is 0 Å². The van der Waals surface area contributed by atoms with Crippen molar-refractivity contribution in [2.45, 2.75) is 25.1 Å². The molecule has 6 rings (SSSR count). The summed E-state index contributed by atoms with van der Waals surface area (Å²) in [6, 6.07) is 42.3. The molecule has 0 heterocycles. The van der Waals surface area contributed by atoms with Crippen LogP contribution in [-0.2, 0) is 21.8 Å². The lowest BCUT2D eigenvalue weighted by molar-refractivity contribution is -0.118. The van der Waals surface area contributed by atoms with E-state index in [0.29, 0.717) is 23.5 Å². The van der Waals surface area contributed by atoms with Crippen molar-refractivity contribution in [3.8, 4) is 11.1 Å². The number of amides is 3. The van der Waals surface area contributed by atoms with Crippen molar-refractivity contribution in [3.05, 3.63) is 145 Å². The molecular formula is C39H33N3O3S. The lowest BCUT2D eigenvalue weighted by Crippen LogP contribution is -2.44. The van der Waals surface area contributed by atoms with Crippen LogP contribution in [0.25, 0.3) is 32.7 Å². The molecule has 0 fully saturated rings. The van der Waals surface area contributed by atoms with Crippen molar-refractivity contribution in [1.82, 2.24) is 5.32 Å². The zero-order chi connectivity index (χ0) is 31.9. The molecule has 0 aromatic heterocycles. The van der Waals surface area contributed by atoms with Gasteiger partial charge in [-0.3, -0.25) is 14.4 Å². The molecule has 3 amide bonds. The van der Waals surface area contributed by atoms with Gasteiger partial charge in [-0.2, -0.15) is 0 Å². The monoisotopic (exact) mass is 623 g/mol. The van der Waals surface area contributed by atoms with E-state index in [1.807, 2.05) is 133 Å². The summed E-state index contributed by atoms with van der Waals surface area (Å²) in [7, 11) is 0. The molecule has 7 heteroatoms. The minimum Gasteiger partial charge on any atom is -0.335 e. The minimum absolute atomic E-state index is 0.194. The first-order valence-corrected chi connectivity index (χ1v) is 16.1. The topological polar surface area (TPSA) is 87.3 Å². The molecule has 6 nitrogen and oxygen atoms in total. The predicted octanol–water partition coefficient (Wildman–Crippen LogP) is 8.81. The SMILES string of the molecule is CC(=O)Nc1ccc2ccccc2c1-c1c(NC(=O)C(Cc2ccccc2)NC(=O)SCc2ccccc2)ccc2ccccc12. The Labute approximate surface area is 272 Å². The summed E-state index contributed by atoms with van der Waals surface area (Å²) < 4.78 is 0. The largest absolute Gasteiger partial charge is 0.335 e. The summed E-state index contributed by atoms with van der Waals surface area (Å²) in [5.74, 6) is -0.0369. The lowest BCUT2D eigenvalue weighted by atomic mass is 9.90. The van der Waals surface area contributed by atoms with Crippen molar-refractivity contribution in [2.24, 2.45) is 0 Å². The third-order valence-electron chi connectivity index (χ3n) is 7.78. The number of nitrogens with one attached hydrogen (secondary N) is 3. The predicted molar refractivity (Wildman–Crippen MR) is 190 cm³/mol. The Kier molecular flexibility index (Phi) is 9.41. The average Bonchev–Trinajstić information content (AvgIpc) is 3.08. The van der Waals surface area contributed by atoms with Crippen molar-refractivity contribution in [1.29, 1.82) is 0 Å². The van der Waals surface area contributed by atoms with Crippen LogP contribution in [0.4, 0.5) is 16.2 Å². The van der Waals surface area contributed by atoms with Crippen LogP contribution in [0.3, 0.4) is 0 Å². The Hall–Kier alpha value is -5.40. The van der Waals surface area contributed by atoms with Gasteiger partial charge in [0.1, 0.15) is 6.04 Å². The van der Waals surface area contributed by atoms with E-state index in [1.165, 1.54) is 6.92 Å². The van der Waals surface area contributed by atoms with Gasteiger partial charge in [0, 0.05) is 41.6 Å². The fourth-order valence-electron chi connectivity index (χ4n) is 5.67. The van der Waals surface area contributed by atoms with Crippen LogP contribution in [0.2, 0.25) is 0 Å². The van der Waals surface area contributed by atoms with Crippen LogP contribution in [0.1, 0.15) is 18.1 Å². The van der Waals surface area contributed by atoms with E-state index in [0.717, 1.165) is 55.6 Å². The fraction of sp³-hybridized carbons (Fsp3) is 0.103. The molecule has 0 saturated carbocycles. The van der Waals surface area contributed by atoms with Gasteiger partial charge in [0.05, 0.1) is 0 Å². The van der Waals surface area contributed by atoms with E-state index in [9.17, 15) is 14.4 Å². The van der Waals surface area contributed by atoms with E-state index in [-0.39, 0.29) is 17.1 Å². The number of fused-ring (bicyclic) bond motifs is 2. The van der Waals surface area contributed by atoms with Gasteiger partial charge in [0.2, 0.25) is 11.8 Å². The Morgan fingerprint density at radius 3 is 1.65 bits per heavy atom. The molecule has 1 atom stereocenters. The molecule has 0 spiro atoms. The number of anilines is 2. The summed E-state index contributed by atoms with van der Waals surface area (Å²) in [5, 5.41) is 12.7. The second kappa shape index (κ2) is 14.1. The van der Waals surface area contributed by atoms with E-state index in [1.54, 1.807) is 0 Å². The summed E-state index contributed by atoms with van der Waals surface area (Å²) in [6.45, 7) is 1.48. The molecule has 0 aliphatic heterocycles. The number of thioether (sulfide) groups is 1. The zero-order valence-corrected chi connectivity index (χ0v) is 26.1. The Morgan fingerprint density at radius 2 is 1.09 bits per heavy atom. The third kappa shape index (κ3) is 7.11. The molecular weight excluding hydrogens is 591 g/mol. The summed E-state index contributed by atoms with van der Waals surface area (Å²) in [4.78, 5) is 39.7. The molecule has 0 bridgehead atoms. The van der Waals surface area contributed by atoms with Crippen LogP contribution in [0.5, 0.6) is 0 Å². The van der Waals surface area contributed by atoms with Crippen molar-refractivity contribution in [2.75, 3.05) is 10.6 Å². The van der Waals surface area contributed by atoms with Gasteiger partial charge in [-0.05, 0) is 44.8 Å². The van der Waals surface area contributed by atoms with Gasteiger partial charge in [-0.1, -0.05) is 133 Å². The highest BCUT2D eigenvalue weighted by atomic mass is 32.2. The van der Waals surface area contributed by atoms with Gasteiger partial charge < -0.3 is 16.0 Å². The Morgan fingerprint density at radius 1 is 0.587 bits per heavy atom. The molecule has 0 aliphatic carbocycles. The van der Waals surface area contributed by atoms with Crippen LogP contribution in [-0.4, -0.2) is 23.1 Å². The first-order chi connectivity index (χ1) is 22.5. The highest BCUT2D eigenvalue weighted by molar-refractivity contribution is 8.12. The second-order valence-electron chi connectivity index (χ2n) is 11.0. The van der Waals surface area contributed by atoms with Gasteiger partial charge in [0.15, 0.2) is 0 Å². The zero-order valence-electron chi connectivity index (χ0n) is 25.3. The lowest BCUT2D eigenvalue weighted by Gasteiger charge is -2.22. The Bertz CT molecular complexity index is 2030. The summed E-state index contributed by atoms with van der Waals surface area (Å²) in [6.07, 6.45) is 0.318. The molecule has 3 N–H and O–H groups in total. The van der Waals surface area contributed by atoms with Gasteiger partial charge >= 0.3 is 0 Å². The van der Waals surface area contributed by atoms with Crippen molar-refractivity contribution >= 4 is 61.7 Å². The summed E-state index contributed by atoms with van der Waals surface area (Å²) >= 11 is 1.13. The third-order valence-corrected chi connectivity index (χ3v) is 8.64. The molecule has 6 aromatic rings. The normalized spacial score (nSPS) is 11.6. The number of carbonyl (C=O) groups is 3. The Balaban J connectivity index is 1.40. The fourth-order valence-corrected chi connectivity index (χ4v) is 6.38. The minimum atomic E-state index is -0.833. The maximum atomic E-state index is 14.2. The van der Waals surface area contributed by atoms with Crippen molar-refractivity contribution in [3.63, 3.8) is 0 Å². The van der Waals surface area contributed by atoms with Crippen LogP contribution in [0.15, 0.2) is 133 Å². The molecule has 6 aromatic carbocycles. The van der Waals surface area contributed by atoms with Gasteiger partial charge in [-0.25, -0.2) is 0 Å². The smallest absolute Gasteiger partial charge is 0.280 e. The molecule has 0 saturated heterocycles. The maximum Gasteiger partial charge on any atom is 0.280 e. The van der Waals surface area contributed by atoms with E-state index < -0.39 is 6.04 Å². The highest BCUT2D eigenvalue weighted by Crippen LogP contribution is 2.43. The van der Waals surface area contributed by atoms with Crippen LogP contribution < -0.4 is 16.0 Å². The number of benzene rings is 6. The van der Waals surface area contributed by atoms with Gasteiger partial charge in [0.25, 0.3) is 5.24 Å². The first-order valence-electron chi connectivity index (χ1n) is 15.1. The van der Waals surface area contributed by atoms with Gasteiger partial charge in [-0.15, -0.1) is 0 Å². The average molecular weight is 624 g/mol. The first kappa shape index (κ1) is 30.6. The summed E-state index contributed by atoms with van der Waals surface area (Å²) in [5.41, 5.74) is 4.77. The van der Waals surface area contributed by atoms with E-state index in [4.69, 9.17) is 0 Å². The second-order valence-corrected chi connectivity index (χ2v) is 12.0. The number of carbonyl (C=O) groups excluding carboxylic acids is 3. The standard InChI is InChI=1S/C39H33N3O3S/c1-26(43)40-33-22-20-29-16-8-10-18-31(29)36(33)37-32-19-11-9-17-30(32)21-23-34(37)41-38(44)35(24-27-12-4-2-5-13-27)42-39(45)46-25-28-14-6-3-7-15-28/h2-23,35H,24-25H2,1H3,(H,40,43)(H,41,44)(H,42,45). The van der Waals surface area contributed by atoms with Crippen LogP contribution >= 0.6 is 11.8 Å². The number of rotatable bonds is 9. The molecule has 228 valence electrons. The number of hydrogen-bond donors (Lipinski definition) is 3. The number of hydrogen-bond acceptors (Lipinski definition) is 4. The quantitative estimate of drug-likeness (QED) is 0.150. The highest BCUT2D eigenvalue weighted by Gasteiger charge is 2.25.